The average Bonchev–Trinajstić information content (AvgIpc) is 3.44. The average molecular weight is 476 g/mol. The Balaban J connectivity index is 1.41. The molecule has 7 heteroatoms. The van der Waals surface area contributed by atoms with E-state index in [-0.39, 0.29) is 29.4 Å². The smallest absolute Gasteiger partial charge is 0.227 e. The largest absolute Gasteiger partial charge is 0.370 e. The minimum Gasteiger partial charge on any atom is -0.370 e. The van der Waals surface area contributed by atoms with Gasteiger partial charge in [0.2, 0.25) is 11.8 Å². The Morgan fingerprint density at radius 1 is 1.12 bits per heavy atom. The zero-order chi connectivity index (χ0) is 23.5. The van der Waals surface area contributed by atoms with Crippen LogP contribution in [0.3, 0.4) is 0 Å². The lowest BCUT2D eigenvalue weighted by Crippen LogP contribution is -2.52. The Kier molecular flexibility index (Phi) is 6.48. The molecule has 3 heterocycles. The molecule has 0 unspecified atom stereocenters. The second-order valence-corrected chi connectivity index (χ2v) is 9.98. The zero-order valence-corrected chi connectivity index (χ0v) is 20.1. The fourth-order valence-corrected chi connectivity index (χ4v) is 6.21. The van der Waals surface area contributed by atoms with Crippen molar-refractivity contribution in [1.82, 2.24) is 15.2 Å². The summed E-state index contributed by atoms with van der Waals surface area (Å²) in [5.74, 6) is 0.102. The molecule has 0 bridgehead atoms. The number of benzene rings is 1. The van der Waals surface area contributed by atoms with Crippen LogP contribution in [0.5, 0.6) is 0 Å². The predicted octanol–water partition coefficient (Wildman–Crippen LogP) is 4.02. The van der Waals surface area contributed by atoms with E-state index in [4.69, 9.17) is 4.74 Å². The molecule has 2 aliphatic rings. The molecule has 1 spiro atoms. The van der Waals surface area contributed by atoms with Crippen LogP contribution in [-0.2, 0) is 32.8 Å². The standard InChI is InChI=1S/C27H29N3O3S/c1-19(31)29-25-22-4-2-3-5-23(22)27(26(25)33-17-20-6-11-28-12-7-20)9-13-30(14-10-27)24(32)16-21-8-15-34-18-21/h2-8,11-12,15,18,25-26H,9-10,13-14,16-17H2,1H3,(H,29,31)/t25-,26+/m1/s1. The van der Waals surface area contributed by atoms with E-state index in [1.165, 1.54) is 5.56 Å². The molecule has 1 saturated heterocycles. The van der Waals surface area contributed by atoms with Crippen molar-refractivity contribution in [3.63, 3.8) is 0 Å². The van der Waals surface area contributed by atoms with E-state index < -0.39 is 0 Å². The van der Waals surface area contributed by atoms with E-state index in [9.17, 15) is 9.59 Å². The Hall–Kier alpha value is -3.03. The summed E-state index contributed by atoms with van der Waals surface area (Å²) >= 11 is 1.62. The summed E-state index contributed by atoms with van der Waals surface area (Å²) < 4.78 is 6.61. The summed E-state index contributed by atoms with van der Waals surface area (Å²) in [6.45, 7) is 3.36. The molecule has 2 amide bonds. The van der Waals surface area contributed by atoms with E-state index in [1.807, 2.05) is 39.9 Å². The van der Waals surface area contributed by atoms with Gasteiger partial charge in [0.1, 0.15) is 0 Å². The first-order valence-corrected chi connectivity index (χ1v) is 12.7. The molecule has 1 N–H and O–H groups in total. The number of nitrogens with zero attached hydrogens (tertiary/aromatic N) is 2. The van der Waals surface area contributed by atoms with E-state index in [1.54, 1.807) is 30.7 Å². The predicted molar refractivity (Wildman–Crippen MR) is 131 cm³/mol. The second kappa shape index (κ2) is 9.68. The molecule has 6 nitrogen and oxygen atoms in total. The number of amides is 2. The minimum absolute atomic E-state index is 0.0715. The van der Waals surface area contributed by atoms with Gasteiger partial charge in [0, 0.05) is 37.8 Å². The second-order valence-electron chi connectivity index (χ2n) is 9.20. The maximum Gasteiger partial charge on any atom is 0.227 e. The number of ether oxygens (including phenoxy) is 1. The molecule has 3 aromatic rings. The summed E-state index contributed by atoms with van der Waals surface area (Å²) in [4.78, 5) is 31.2. The van der Waals surface area contributed by atoms with Crippen LogP contribution < -0.4 is 5.32 Å². The molecule has 1 aromatic carbocycles. The Morgan fingerprint density at radius 2 is 1.88 bits per heavy atom. The Morgan fingerprint density at radius 3 is 2.59 bits per heavy atom. The molecule has 1 aliphatic heterocycles. The van der Waals surface area contributed by atoms with Gasteiger partial charge in [-0.15, -0.1) is 0 Å². The number of thiophene rings is 1. The van der Waals surface area contributed by atoms with Crippen molar-refractivity contribution in [3.8, 4) is 0 Å². The van der Waals surface area contributed by atoms with Crippen molar-refractivity contribution >= 4 is 23.2 Å². The quantitative estimate of drug-likeness (QED) is 0.585. The topological polar surface area (TPSA) is 71.5 Å². The monoisotopic (exact) mass is 475 g/mol. The number of carbonyl (C=O) groups is 2. The summed E-state index contributed by atoms with van der Waals surface area (Å²) in [6, 6.07) is 14.1. The maximum atomic E-state index is 13.0. The van der Waals surface area contributed by atoms with Crippen molar-refractivity contribution < 1.29 is 14.3 Å². The highest BCUT2D eigenvalue weighted by atomic mass is 32.1. The fraction of sp³-hybridized carbons (Fsp3) is 0.370. The molecule has 0 radical (unpaired) electrons. The Bertz CT molecular complexity index is 1140. The minimum atomic E-state index is -0.254. The third-order valence-corrected chi connectivity index (χ3v) is 7.89. The molecule has 0 saturated carbocycles. The normalized spacial score (nSPS) is 20.8. The van der Waals surface area contributed by atoms with Crippen LogP contribution >= 0.6 is 11.3 Å². The van der Waals surface area contributed by atoms with Crippen molar-refractivity contribution in [2.24, 2.45) is 0 Å². The molecule has 1 aliphatic carbocycles. The van der Waals surface area contributed by atoms with Gasteiger partial charge >= 0.3 is 0 Å². The van der Waals surface area contributed by atoms with Gasteiger partial charge in [-0.05, 0) is 64.1 Å². The van der Waals surface area contributed by atoms with Crippen LogP contribution in [0, 0.1) is 0 Å². The first-order valence-electron chi connectivity index (χ1n) is 11.7. The van der Waals surface area contributed by atoms with Gasteiger partial charge in [-0.25, -0.2) is 0 Å². The zero-order valence-electron chi connectivity index (χ0n) is 19.3. The van der Waals surface area contributed by atoms with E-state index in [2.05, 4.69) is 28.5 Å². The van der Waals surface area contributed by atoms with Crippen LogP contribution in [0.2, 0.25) is 0 Å². The van der Waals surface area contributed by atoms with Gasteiger partial charge in [-0.3, -0.25) is 14.6 Å². The van der Waals surface area contributed by atoms with E-state index >= 15 is 0 Å². The SMILES string of the molecule is CC(=O)N[C@@H]1c2ccccc2C2(CCN(C(=O)Cc3ccsc3)CC2)[C@H]1OCc1ccncc1. The van der Waals surface area contributed by atoms with Crippen LogP contribution in [0.15, 0.2) is 65.6 Å². The van der Waals surface area contributed by atoms with Crippen LogP contribution in [0.4, 0.5) is 0 Å². The van der Waals surface area contributed by atoms with Gasteiger partial charge in [-0.1, -0.05) is 24.3 Å². The molecule has 5 rings (SSSR count). The van der Waals surface area contributed by atoms with Crippen molar-refractivity contribution in [1.29, 1.82) is 0 Å². The van der Waals surface area contributed by atoms with Crippen molar-refractivity contribution in [2.75, 3.05) is 13.1 Å². The van der Waals surface area contributed by atoms with Crippen molar-refractivity contribution in [2.45, 2.75) is 50.4 Å². The highest BCUT2D eigenvalue weighted by Gasteiger charge is 2.54. The first kappa shape index (κ1) is 22.7. The van der Waals surface area contributed by atoms with Crippen LogP contribution in [0.25, 0.3) is 0 Å². The lowest BCUT2D eigenvalue weighted by Gasteiger charge is -2.44. The highest BCUT2D eigenvalue weighted by molar-refractivity contribution is 7.08. The van der Waals surface area contributed by atoms with E-state index in [0.717, 1.165) is 29.5 Å². The molecule has 34 heavy (non-hydrogen) atoms. The highest BCUT2D eigenvalue weighted by Crippen LogP contribution is 2.52. The van der Waals surface area contributed by atoms with Gasteiger partial charge < -0.3 is 15.0 Å². The maximum absolute atomic E-state index is 13.0. The molecule has 176 valence electrons. The number of carbonyl (C=O) groups excluding carboxylic acids is 2. The van der Waals surface area contributed by atoms with Crippen LogP contribution in [0.1, 0.15) is 48.1 Å². The summed E-state index contributed by atoms with van der Waals surface area (Å²) in [7, 11) is 0. The first-order chi connectivity index (χ1) is 16.6. The van der Waals surface area contributed by atoms with Gasteiger partial charge in [-0.2, -0.15) is 11.3 Å². The number of pyridine rings is 1. The molecule has 2 aromatic heterocycles. The lowest BCUT2D eigenvalue weighted by atomic mass is 9.71. The number of likely N-dealkylation sites (tertiary alicyclic amines) is 1. The summed E-state index contributed by atoms with van der Waals surface area (Å²) in [6.07, 6.45) is 5.37. The molecular formula is C27H29N3O3S. The lowest BCUT2D eigenvalue weighted by molar-refractivity contribution is -0.133. The Labute approximate surface area is 204 Å². The number of hydrogen-bond donors (Lipinski definition) is 1. The third kappa shape index (κ3) is 4.38. The third-order valence-electron chi connectivity index (χ3n) is 7.16. The number of aromatic nitrogens is 1. The van der Waals surface area contributed by atoms with Gasteiger partial charge in [0.15, 0.2) is 0 Å². The molecule has 1 fully saturated rings. The number of nitrogens with one attached hydrogen (secondary N) is 1. The number of rotatable bonds is 6. The van der Waals surface area contributed by atoms with Gasteiger partial charge in [0.05, 0.1) is 25.2 Å². The summed E-state index contributed by atoms with van der Waals surface area (Å²) in [5.41, 5.74) is 4.22. The fourth-order valence-electron chi connectivity index (χ4n) is 5.54. The summed E-state index contributed by atoms with van der Waals surface area (Å²) in [5, 5.41) is 7.21. The van der Waals surface area contributed by atoms with Gasteiger partial charge in [0.25, 0.3) is 0 Å². The molecular weight excluding hydrogens is 446 g/mol. The number of piperidine rings is 1. The molecule has 2 atom stereocenters. The number of fused-ring (bicyclic) bond motifs is 2. The van der Waals surface area contributed by atoms with Crippen LogP contribution in [-0.4, -0.2) is 40.9 Å². The van der Waals surface area contributed by atoms with Crippen molar-refractivity contribution in [3.05, 3.63) is 87.9 Å². The number of hydrogen-bond acceptors (Lipinski definition) is 5. The van der Waals surface area contributed by atoms with E-state index in [0.29, 0.717) is 26.1 Å².